The summed E-state index contributed by atoms with van der Waals surface area (Å²) < 4.78 is 16.1. The van der Waals surface area contributed by atoms with E-state index in [4.69, 9.17) is 14.2 Å². The first-order valence-electron chi connectivity index (χ1n) is 7.86. The lowest BCUT2D eigenvalue weighted by molar-refractivity contribution is 0.0343. The van der Waals surface area contributed by atoms with Gasteiger partial charge in [0, 0.05) is 6.61 Å². The fourth-order valence-corrected chi connectivity index (χ4v) is 1.90. The van der Waals surface area contributed by atoms with Crippen LogP contribution in [-0.2, 0) is 14.2 Å². The molecule has 1 aromatic rings. The molecule has 0 radical (unpaired) electrons. The fourth-order valence-electron chi connectivity index (χ4n) is 1.90. The Morgan fingerprint density at radius 2 is 1.59 bits per heavy atom. The van der Waals surface area contributed by atoms with Gasteiger partial charge in [-0.2, -0.15) is 0 Å². The molecule has 3 nitrogen and oxygen atoms in total. The Kier molecular flexibility index (Phi) is 9.28. The minimum absolute atomic E-state index is 0.553. The van der Waals surface area contributed by atoms with Crippen molar-refractivity contribution in [1.29, 1.82) is 0 Å². The van der Waals surface area contributed by atoms with Crippen molar-refractivity contribution in [3.8, 4) is 0 Å². The molecule has 0 saturated heterocycles. The molecule has 0 spiro atoms. The smallest absolute Gasteiger partial charge is 0.111 e. The van der Waals surface area contributed by atoms with Crippen molar-refractivity contribution in [3.63, 3.8) is 0 Å². The van der Waals surface area contributed by atoms with Gasteiger partial charge < -0.3 is 14.2 Å². The van der Waals surface area contributed by atoms with E-state index in [1.165, 1.54) is 16.7 Å². The number of benzene rings is 1. The topological polar surface area (TPSA) is 27.7 Å². The highest BCUT2D eigenvalue weighted by molar-refractivity contribution is 5.70. The van der Waals surface area contributed by atoms with Crippen molar-refractivity contribution in [2.45, 2.75) is 27.7 Å². The molecular formula is C19H28O3. The van der Waals surface area contributed by atoms with Crippen molar-refractivity contribution in [2.75, 3.05) is 33.0 Å². The Hall–Kier alpha value is -1.58. The molecule has 0 heterocycles. The highest BCUT2D eigenvalue weighted by Crippen LogP contribution is 2.20. The number of ether oxygens (including phenoxy) is 3. The van der Waals surface area contributed by atoms with Crippen LogP contribution in [0.4, 0.5) is 0 Å². The molecule has 3 heteroatoms. The van der Waals surface area contributed by atoms with Crippen molar-refractivity contribution in [2.24, 2.45) is 0 Å². The highest BCUT2D eigenvalue weighted by atomic mass is 16.5. The van der Waals surface area contributed by atoms with Gasteiger partial charge in [-0.15, -0.1) is 0 Å². The summed E-state index contributed by atoms with van der Waals surface area (Å²) >= 11 is 0. The van der Waals surface area contributed by atoms with Crippen LogP contribution in [-0.4, -0.2) is 33.0 Å². The lowest BCUT2D eigenvalue weighted by atomic mass is 10.0. The van der Waals surface area contributed by atoms with Gasteiger partial charge in [0.1, 0.15) is 6.61 Å². The maximum Gasteiger partial charge on any atom is 0.111 e. The van der Waals surface area contributed by atoms with Crippen molar-refractivity contribution >= 4 is 11.1 Å². The van der Waals surface area contributed by atoms with E-state index in [1.54, 1.807) is 6.26 Å². The predicted molar refractivity (Wildman–Crippen MR) is 92.7 cm³/mol. The Morgan fingerprint density at radius 3 is 2.27 bits per heavy atom. The monoisotopic (exact) mass is 304 g/mol. The maximum atomic E-state index is 5.54. The second-order valence-corrected chi connectivity index (χ2v) is 5.03. The summed E-state index contributed by atoms with van der Waals surface area (Å²) in [4.78, 5) is 0. The van der Waals surface area contributed by atoms with Crippen LogP contribution >= 0.6 is 0 Å². The first-order valence-corrected chi connectivity index (χ1v) is 7.86. The number of hydrogen-bond acceptors (Lipinski definition) is 3. The molecule has 0 aliphatic heterocycles. The van der Waals surface area contributed by atoms with Crippen molar-refractivity contribution in [1.82, 2.24) is 0 Å². The van der Waals surface area contributed by atoms with Gasteiger partial charge in [0.25, 0.3) is 0 Å². The summed E-state index contributed by atoms with van der Waals surface area (Å²) in [6.07, 6.45) is 3.92. The molecule has 0 saturated carbocycles. The van der Waals surface area contributed by atoms with Gasteiger partial charge in [-0.1, -0.05) is 24.3 Å². The number of rotatable bonds is 10. The molecule has 1 aromatic carbocycles. The first kappa shape index (κ1) is 18.5. The molecule has 122 valence electrons. The van der Waals surface area contributed by atoms with Crippen LogP contribution in [0.15, 0.2) is 36.6 Å². The zero-order valence-electron chi connectivity index (χ0n) is 14.2. The normalized spacial score (nSPS) is 12.5. The lowest BCUT2D eigenvalue weighted by Crippen LogP contribution is -2.07. The average Bonchev–Trinajstić information content (AvgIpc) is 2.56. The largest absolute Gasteiger partial charge is 0.498 e. The molecule has 0 amide bonds. The average molecular weight is 304 g/mol. The third kappa shape index (κ3) is 6.92. The van der Waals surface area contributed by atoms with E-state index in [9.17, 15) is 0 Å². The minimum Gasteiger partial charge on any atom is -0.498 e. The Balaban J connectivity index is 2.39. The van der Waals surface area contributed by atoms with Crippen molar-refractivity contribution in [3.05, 3.63) is 47.7 Å². The molecule has 22 heavy (non-hydrogen) atoms. The van der Waals surface area contributed by atoms with Gasteiger partial charge in [-0.05, 0) is 56.0 Å². The van der Waals surface area contributed by atoms with Crippen LogP contribution < -0.4 is 0 Å². The van der Waals surface area contributed by atoms with Gasteiger partial charge in [0.15, 0.2) is 0 Å². The van der Waals surface area contributed by atoms with Crippen LogP contribution in [0.5, 0.6) is 0 Å². The van der Waals surface area contributed by atoms with E-state index in [0.717, 1.165) is 12.2 Å². The van der Waals surface area contributed by atoms with E-state index < -0.39 is 0 Å². The summed E-state index contributed by atoms with van der Waals surface area (Å²) in [5.41, 5.74) is 4.81. The molecular weight excluding hydrogens is 276 g/mol. The molecule has 0 bridgehead atoms. The standard InChI is InChI=1S/C19H28O3/c1-5-16(3)18-8-7-9-19(14-18)17(4)15-22-13-12-21-11-10-20-6-2/h5,7-9,14-15H,6,10-13H2,1-4H3/b16-5+,17-15+. The summed E-state index contributed by atoms with van der Waals surface area (Å²) in [7, 11) is 0. The molecule has 0 aliphatic carbocycles. The van der Waals surface area contributed by atoms with Crippen LogP contribution in [0.2, 0.25) is 0 Å². The minimum atomic E-state index is 0.553. The quantitative estimate of drug-likeness (QED) is 0.469. The highest BCUT2D eigenvalue weighted by Gasteiger charge is 2.00. The maximum absolute atomic E-state index is 5.54. The second-order valence-electron chi connectivity index (χ2n) is 5.03. The molecule has 0 aromatic heterocycles. The van der Waals surface area contributed by atoms with Crippen LogP contribution in [0.1, 0.15) is 38.8 Å². The Bertz CT molecular complexity index is 489. The Labute approximate surface area is 134 Å². The van der Waals surface area contributed by atoms with Gasteiger partial charge in [-0.3, -0.25) is 0 Å². The van der Waals surface area contributed by atoms with Gasteiger partial charge in [0.05, 0.1) is 26.1 Å². The van der Waals surface area contributed by atoms with E-state index >= 15 is 0 Å². The van der Waals surface area contributed by atoms with Gasteiger partial charge >= 0.3 is 0 Å². The zero-order chi connectivity index (χ0) is 16.2. The number of hydrogen-bond donors (Lipinski definition) is 0. The summed E-state index contributed by atoms with van der Waals surface area (Å²) in [6, 6.07) is 8.48. The summed E-state index contributed by atoms with van der Waals surface area (Å²) in [5, 5.41) is 0. The lowest BCUT2D eigenvalue weighted by Gasteiger charge is -2.08. The predicted octanol–water partition coefficient (Wildman–Crippen LogP) is 4.54. The second kappa shape index (κ2) is 11.0. The van der Waals surface area contributed by atoms with E-state index in [-0.39, 0.29) is 0 Å². The summed E-state index contributed by atoms with van der Waals surface area (Å²) in [6.45, 7) is 11.3. The molecule has 0 N–H and O–H groups in total. The SMILES string of the molecule is C/C=C(\C)c1cccc(/C(C)=C/OCCOCCOCC)c1. The number of allylic oxidation sites excluding steroid dienone is 3. The molecule has 0 unspecified atom stereocenters. The summed E-state index contributed by atoms with van der Waals surface area (Å²) in [5.74, 6) is 0. The fraction of sp³-hybridized carbons (Fsp3) is 0.474. The van der Waals surface area contributed by atoms with E-state index in [0.29, 0.717) is 26.4 Å². The van der Waals surface area contributed by atoms with Crippen LogP contribution in [0, 0.1) is 0 Å². The van der Waals surface area contributed by atoms with Crippen LogP contribution in [0.3, 0.4) is 0 Å². The molecule has 0 aliphatic rings. The molecule has 0 fully saturated rings. The molecule has 1 rings (SSSR count). The molecule has 0 atom stereocenters. The van der Waals surface area contributed by atoms with Gasteiger partial charge in [0.2, 0.25) is 0 Å². The van der Waals surface area contributed by atoms with Crippen LogP contribution in [0.25, 0.3) is 11.1 Å². The third-order valence-corrected chi connectivity index (χ3v) is 3.39. The third-order valence-electron chi connectivity index (χ3n) is 3.39. The van der Waals surface area contributed by atoms with E-state index in [2.05, 4.69) is 51.1 Å². The zero-order valence-corrected chi connectivity index (χ0v) is 14.2. The first-order chi connectivity index (χ1) is 10.7. The van der Waals surface area contributed by atoms with E-state index in [1.807, 2.05) is 6.92 Å². The van der Waals surface area contributed by atoms with Crippen molar-refractivity contribution < 1.29 is 14.2 Å². The Morgan fingerprint density at radius 1 is 0.955 bits per heavy atom. The van der Waals surface area contributed by atoms with Gasteiger partial charge in [-0.25, -0.2) is 0 Å².